The monoisotopic (exact) mass is 358 g/mol. The molecule has 0 fully saturated rings. The van der Waals surface area contributed by atoms with Gasteiger partial charge >= 0.3 is 0 Å². The van der Waals surface area contributed by atoms with Crippen molar-refractivity contribution in [3.63, 3.8) is 0 Å². The van der Waals surface area contributed by atoms with Gasteiger partial charge in [0, 0.05) is 18.1 Å². The molecule has 23 heavy (non-hydrogen) atoms. The van der Waals surface area contributed by atoms with Crippen molar-refractivity contribution in [2.24, 2.45) is 0 Å². The van der Waals surface area contributed by atoms with Crippen molar-refractivity contribution in [1.82, 2.24) is 9.71 Å². The second-order valence-electron chi connectivity index (χ2n) is 4.79. The molecule has 1 atom stereocenters. The van der Waals surface area contributed by atoms with E-state index in [1.807, 2.05) is 4.72 Å². The van der Waals surface area contributed by atoms with Crippen molar-refractivity contribution in [2.45, 2.75) is 12.2 Å². The maximum atomic E-state index is 12.9. The Balaban J connectivity index is 2.14. The lowest BCUT2D eigenvalue weighted by Gasteiger charge is -2.11. The molecule has 0 saturated carbocycles. The van der Waals surface area contributed by atoms with Gasteiger partial charge in [0.2, 0.25) is 10.0 Å². The number of carbonyl (C=O) groups is 1. The van der Waals surface area contributed by atoms with Gasteiger partial charge in [0.15, 0.2) is 0 Å². The van der Waals surface area contributed by atoms with E-state index in [1.54, 1.807) is 0 Å². The quantitative estimate of drug-likeness (QED) is 0.854. The first-order valence-electron chi connectivity index (χ1n) is 6.60. The Labute approximate surface area is 137 Å². The van der Waals surface area contributed by atoms with Crippen LogP contribution in [0.25, 0.3) is 10.6 Å². The third-order valence-electron chi connectivity index (χ3n) is 2.99. The minimum Gasteiger partial charge on any atom is -0.383 e. The summed E-state index contributed by atoms with van der Waals surface area (Å²) in [6, 6.07) is 5.64. The van der Waals surface area contributed by atoms with Gasteiger partial charge in [-0.15, -0.1) is 11.3 Å². The standard InChI is InChI=1S/C14H15FN2O4S2/c1-9(7-21-2)23(19,20)17-13(18)12-8-22-14(16-12)10-3-5-11(15)6-4-10/h3-6,8-9H,7H2,1-2H3,(H,17,18). The first kappa shape index (κ1) is 17.5. The number of amides is 1. The Morgan fingerprint density at radius 2 is 2.04 bits per heavy atom. The van der Waals surface area contributed by atoms with Crippen LogP contribution in [0.3, 0.4) is 0 Å². The molecule has 0 spiro atoms. The van der Waals surface area contributed by atoms with E-state index in [4.69, 9.17) is 4.74 Å². The van der Waals surface area contributed by atoms with Crippen LogP contribution in [0.5, 0.6) is 0 Å². The number of rotatable bonds is 6. The number of thiazole rings is 1. The number of sulfonamides is 1. The zero-order valence-corrected chi connectivity index (χ0v) is 14.1. The Kier molecular flexibility index (Phi) is 5.45. The number of carbonyl (C=O) groups excluding carboxylic acids is 1. The molecule has 1 aromatic heterocycles. The number of nitrogens with zero attached hydrogens (tertiary/aromatic N) is 1. The Morgan fingerprint density at radius 1 is 1.39 bits per heavy atom. The van der Waals surface area contributed by atoms with Crippen molar-refractivity contribution in [2.75, 3.05) is 13.7 Å². The van der Waals surface area contributed by atoms with Gasteiger partial charge in [0.25, 0.3) is 5.91 Å². The van der Waals surface area contributed by atoms with E-state index in [2.05, 4.69) is 4.98 Å². The van der Waals surface area contributed by atoms with E-state index in [1.165, 1.54) is 55.0 Å². The summed E-state index contributed by atoms with van der Waals surface area (Å²) in [5.41, 5.74) is 0.633. The predicted octanol–water partition coefficient (Wildman–Crippen LogP) is 2.04. The Hall–Kier alpha value is -1.84. The van der Waals surface area contributed by atoms with E-state index >= 15 is 0 Å². The molecule has 0 saturated heterocycles. The highest BCUT2D eigenvalue weighted by molar-refractivity contribution is 7.90. The molecule has 0 aliphatic rings. The van der Waals surface area contributed by atoms with Crippen molar-refractivity contribution in [3.05, 3.63) is 41.2 Å². The van der Waals surface area contributed by atoms with Crippen molar-refractivity contribution >= 4 is 27.3 Å². The lowest BCUT2D eigenvalue weighted by molar-refractivity contribution is 0.0976. The fraction of sp³-hybridized carbons (Fsp3) is 0.286. The zero-order chi connectivity index (χ0) is 17.0. The minimum absolute atomic E-state index is 0.0116. The topological polar surface area (TPSA) is 85.4 Å². The lowest BCUT2D eigenvalue weighted by Crippen LogP contribution is -2.39. The molecule has 6 nitrogen and oxygen atoms in total. The molecular formula is C14H15FN2O4S2. The van der Waals surface area contributed by atoms with Gasteiger partial charge in [-0.05, 0) is 31.2 Å². The molecule has 9 heteroatoms. The van der Waals surface area contributed by atoms with Crippen LogP contribution in [0.15, 0.2) is 29.6 Å². The highest BCUT2D eigenvalue weighted by Gasteiger charge is 2.24. The van der Waals surface area contributed by atoms with E-state index in [0.29, 0.717) is 10.6 Å². The first-order valence-corrected chi connectivity index (χ1v) is 9.02. The van der Waals surface area contributed by atoms with Gasteiger partial charge in [0.1, 0.15) is 21.8 Å². The maximum Gasteiger partial charge on any atom is 0.284 e. The number of aromatic nitrogens is 1. The first-order chi connectivity index (χ1) is 10.8. The Morgan fingerprint density at radius 3 is 2.65 bits per heavy atom. The summed E-state index contributed by atoms with van der Waals surface area (Å²) >= 11 is 1.17. The molecule has 1 aromatic carbocycles. The lowest BCUT2D eigenvalue weighted by atomic mass is 10.2. The predicted molar refractivity (Wildman–Crippen MR) is 85.2 cm³/mol. The molecule has 0 aliphatic carbocycles. The highest BCUT2D eigenvalue weighted by Crippen LogP contribution is 2.24. The smallest absolute Gasteiger partial charge is 0.284 e. The third kappa shape index (κ3) is 4.34. The summed E-state index contributed by atoms with van der Waals surface area (Å²) in [6.45, 7) is 1.41. The van der Waals surface area contributed by atoms with Gasteiger partial charge in [0.05, 0.1) is 6.61 Å². The summed E-state index contributed by atoms with van der Waals surface area (Å²) in [4.78, 5) is 16.1. The summed E-state index contributed by atoms with van der Waals surface area (Å²) in [5, 5.41) is 1.08. The average Bonchev–Trinajstić information content (AvgIpc) is 2.98. The van der Waals surface area contributed by atoms with Crippen LogP contribution in [0.2, 0.25) is 0 Å². The second-order valence-corrected chi connectivity index (χ2v) is 7.74. The summed E-state index contributed by atoms with van der Waals surface area (Å²) in [6.07, 6.45) is 0. The van der Waals surface area contributed by atoms with E-state index < -0.39 is 21.2 Å². The van der Waals surface area contributed by atoms with Gasteiger partial charge in [-0.1, -0.05) is 0 Å². The molecule has 1 N–H and O–H groups in total. The average molecular weight is 358 g/mol. The molecule has 1 unspecified atom stereocenters. The van der Waals surface area contributed by atoms with Crippen LogP contribution in [0.4, 0.5) is 4.39 Å². The number of hydrogen-bond donors (Lipinski definition) is 1. The van der Waals surface area contributed by atoms with Crippen LogP contribution in [-0.2, 0) is 14.8 Å². The largest absolute Gasteiger partial charge is 0.383 e. The number of methoxy groups -OCH3 is 1. The van der Waals surface area contributed by atoms with E-state index in [-0.39, 0.29) is 18.1 Å². The summed E-state index contributed by atoms with van der Waals surface area (Å²) < 4.78 is 43.5. The number of benzene rings is 1. The fourth-order valence-corrected chi connectivity index (χ4v) is 3.40. The molecule has 2 aromatic rings. The van der Waals surface area contributed by atoms with E-state index in [0.717, 1.165) is 0 Å². The molecule has 0 bridgehead atoms. The van der Waals surface area contributed by atoms with Crippen LogP contribution < -0.4 is 4.72 Å². The van der Waals surface area contributed by atoms with E-state index in [9.17, 15) is 17.6 Å². The van der Waals surface area contributed by atoms with Crippen molar-refractivity contribution < 1.29 is 22.3 Å². The summed E-state index contributed by atoms with van der Waals surface area (Å²) in [5.74, 6) is -1.18. The molecule has 124 valence electrons. The third-order valence-corrected chi connectivity index (χ3v) is 5.55. The van der Waals surface area contributed by atoms with Gasteiger partial charge in [-0.25, -0.2) is 22.5 Å². The molecular weight excluding hydrogens is 343 g/mol. The van der Waals surface area contributed by atoms with Crippen LogP contribution in [-0.4, -0.2) is 38.3 Å². The molecule has 1 heterocycles. The number of ether oxygens (including phenoxy) is 1. The van der Waals surface area contributed by atoms with Gasteiger partial charge in [-0.2, -0.15) is 0 Å². The maximum absolute atomic E-state index is 12.9. The second kappa shape index (κ2) is 7.16. The van der Waals surface area contributed by atoms with Crippen LogP contribution in [0.1, 0.15) is 17.4 Å². The zero-order valence-electron chi connectivity index (χ0n) is 12.4. The molecule has 2 rings (SSSR count). The number of nitrogens with one attached hydrogen (secondary N) is 1. The minimum atomic E-state index is -3.84. The molecule has 0 aliphatic heterocycles. The molecule has 0 radical (unpaired) electrons. The Bertz CT molecular complexity index is 787. The highest BCUT2D eigenvalue weighted by atomic mass is 32.2. The summed E-state index contributed by atoms with van der Waals surface area (Å²) in [7, 11) is -2.46. The fourth-order valence-electron chi connectivity index (χ4n) is 1.71. The van der Waals surface area contributed by atoms with Crippen LogP contribution in [0, 0.1) is 5.82 Å². The normalized spacial score (nSPS) is 12.8. The van der Waals surface area contributed by atoms with Gasteiger partial charge in [-0.3, -0.25) is 4.79 Å². The number of hydrogen-bond acceptors (Lipinski definition) is 6. The van der Waals surface area contributed by atoms with Crippen molar-refractivity contribution in [1.29, 1.82) is 0 Å². The van der Waals surface area contributed by atoms with Crippen molar-refractivity contribution in [3.8, 4) is 10.6 Å². The SMILES string of the molecule is COCC(C)S(=O)(=O)NC(=O)c1csc(-c2ccc(F)cc2)n1. The molecule has 1 amide bonds. The van der Waals surface area contributed by atoms with Gasteiger partial charge < -0.3 is 4.74 Å². The number of halogens is 1. The van der Waals surface area contributed by atoms with Crippen LogP contribution >= 0.6 is 11.3 Å².